The second kappa shape index (κ2) is 6.91. The van der Waals surface area contributed by atoms with Crippen molar-refractivity contribution in [2.45, 2.75) is 39.3 Å². The molecule has 5 nitrogen and oxygen atoms in total. The van der Waals surface area contributed by atoms with Gasteiger partial charge < -0.3 is 19.5 Å². The van der Waals surface area contributed by atoms with Crippen molar-refractivity contribution in [2.75, 3.05) is 39.7 Å². The van der Waals surface area contributed by atoms with E-state index in [4.69, 9.17) is 4.74 Å². The molecule has 0 spiro atoms. The lowest BCUT2D eigenvalue weighted by atomic mass is 10.0. The Kier molecular flexibility index (Phi) is 5.82. The Bertz CT molecular complexity index is 385. The third-order valence-corrected chi connectivity index (χ3v) is 3.47. The molecule has 1 N–H and O–H groups in total. The van der Waals surface area contributed by atoms with E-state index in [1.165, 1.54) is 0 Å². The summed E-state index contributed by atoms with van der Waals surface area (Å²) in [5, 5.41) is 3.38. The van der Waals surface area contributed by atoms with Gasteiger partial charge in [-0.3, -0.25) is 0 Å². The van der Waals surface area contributed by atoms with Gasteiger partial charge in [-0.15, -0.1) is 0 Å². The van der Waals surface area contributed by atoms with Crippen molar-refractivity contribution in [3.05, 3.63) is 11.9 Å². The Morgan fingerprint density at radius 1 is 1.42 bits per heavy atom. The van der Waals surface area contributed by atoms with Crippen LogP contribution < -0.4 is 5.32 Å². The van der Waals surface area contributed by atoms with Crippen molar-refractivity contribution < 1.29 is 4.74 Å². The number of hydrogen-bond acceptors (Lipinski definition) is 4. The van der Waals surface area contributed by atoms with E-state index in [1.807, 2.05) is 6.92 Å². The predicted octanol–water partition coefficient (Wildman–Crippen LogP) is 1.98. The summed E-state index contributed by atoms with van der Waals surface area (Å²) in [4.78, 5) is 6.78. The van der Waals surface area contributed by atoms with Crippen LogP contribution in [-0.4, -0.2) is 54.3 Å². The van der Waals surface area contributed by atoms with Crippen LogP contribution in [0.3, 0.4) is 0 Å². The maximum absolute atomic E-state index is 5.05. The third-order valence-electron chi connectivity index (χ3n) is 3.47. The minimum absolute atomic E-state index is 0.0934. The summed E-state index contributed by atoms with van der Waals surface area (Å²) in [6, 6.07) is 0. The van der Waals surface area contributed by atoms with Gasteiger partial charge in [0.15, 0.2) is 0 Å². The SMILES string of the molecule is COCCCNc1nc(C)cn1CC(C)(C)N(C)C. The Labute approximate surface area is 117 Å². The molecule has 1 aromatic rings. The van der Waals surface area contributed by atoms with Gasteiger partial charge in [0.2, 0.25) is 5.95 Å². The molecule has 1 rings (SSSR count). The summed E-state index contributed by atoms with van der Waals surface area (Å²) in [6.45, 7) is 9.06. The zero-order valence-electron chi connectivity index (χ0n) is 13.2. The molecule has 0 amide bonds. The minimum Gasteiger partial charge on any atom is -0.385 e. The van der Waals surface area contributed by atoms with E-state index in [-0.39, 0.29) is 5.54 Å². The molecule has 0 atom stereocenters. The summed E-state index contributed by atoms with van der Waals surface area (Å²) in [5.41, 5.74) is 1.14. The second-order valence-electron chi connectivity index (χ2n) is 5.81. The number of aryl methyl sites for hydroxylation is 1. The van der Waals surface area contributed by atoms with Gasteiger partial charge in [0, 0.05) is 38.5 Å². The van der Waals surface area contributed by atoms with E-state index in [0.29, 0.717) is 0 Å². The molecule has 0 aliphatic carbocycles. The highest BCUT2D eigenvalue weighted by Gasteiger charge is 2.22. The molecular formula is C14H28N4O. The van der Waals surface area contributed by atoms with Crippen LogP contribution >= 0.6 is 0 Å². The van der Waals surface area contributed by atoms with E-state index >= 15 is 0 Å². The van der Waals surface area contributed by atoms with Crippen LogP contribution in [0.1, 0.15) is 26.0 Å². The first-order valence-electron chi connectivity index (χ1n) is 6.81. The summed E-state index contributed by atoms with van der Waals surface area (Å²) in [7, 11) is 5.94. The normalized spacial score (nSPS) is 12.2. The zero-order valence-corrected chi connectivity index (χ0v) is 13.2. The van der Waals surface area contributed by atoms with Crippen LogP contribution in [0.5, 0.6) is 0 Å². The maximum atomic E-state index is 5.05. The van der Waals surface area contributed by atoms with Crippen molar-refractivity contribution in [1.82, 2.24) is 14.5 Å². The standard InChI is InChI=1S/C14H28N4O/c1-12-10-18(11-14(2,3)17(4)5)13(16-12)15-8-7-9-19-6/h10H,7-9,11H2,1-6H3,(H,15,16). The minimum atomic E-state index is 0.0934. The topological polar surface area (TPSA) is 42.3 Å². The van der Waals surface area contributed by atoms with Crippen LogP contribution in [0.15, 0.2) is 6.20 Å². The molecule has 0 aliphatic heterocycles. The van der Waals surface area contributed by atoms with Gasteiger partial charge in [0.1, 0.15) is 0 Å². The van der Waals surface area contributed by atoms with E-state index < -0.39 is 0 Å². The summed E-state index contributed by atoms with van der Waals surface area (Å²) in [5.74, 6) is 0.948. The monoisotopic (exact) mass is 268 g/mol. The fraction of sp³-hybridized carbons (Fsp3) is 0.786. The smallest absolute Gasteiger partial charge is 0.203 e. The van der Waals surface area contributed by atoms with Crippen LogP contribution in [0, 0.1) is 6.92 Å². The first kappa shape index (κ1) is 16.0. The maximum Gasteiger partial charge on any atom is 0.203 e. The number of anilines is 1. The molecule has 1 aromatic heterocycles. The molecule has 0 aliphatic rings. The number of aromatic nitrogens is 2. The largest absolute Gasteiger partial charge is 0.385 e. The number of ether oxygens (including phenoxy) is 1. The van der Waals surface area contributed by atoms with Crippen molar-refractivity contribution >= 4 is 5.95 Å². The molecule has 0 unspecified atom stereocenters. The van der Waals surface area contributed by atoms with Gasteiger partial charge >= 0.3 is 0 Å². The highest BCUT2D eigenvalue weighted by molar-refractivity contribution is 5.29. The molecule has 0 saturated heterocycles. The van der Waals surface area contributed by atoms with Crippen molar-refractivity contribution in [3.63, 3.8) is 0 Å². The van der Waals surface area contributed by atoms with E-state index in [1.54, 1.807) is 7.11 Å². The van der Waals surface area contributed by atoms with E-state index in [9.17, 15) is 0 Å². The number of nitrogens with one attached hydrogen (secondary N) is 1. The average Bonchev–Trinajstić information content (AvgIpc) is 2.64. The number of hydrogen-bond donors (Lipinski definition) is 1. The Morgan fingerprint density at radius 3 is 2.68 bits per heavy atom. The number of likely N-dealkylation sites (N-methyl/N-ethyl adjacent to an activating group) is 1. The van der Waals surface area contributed by atoms with Gasteiger partial charge in [-0.1, -0.05) is 0 Å². The molecule has 0 saturated carbocycles. The lowest BCUT2D eigenvalue weighted by Gasteiger charge is -2.33. The molecular weight excluding hydrogens is 240 g/mol. The summed E-state index contributed by atoms with van der Waals surface area (Å²) >= 11 is 0. The number of rotatable bonds is 8. The first-order chi connectivity index (χ1) is 8.86. The van der Waals surface area contributed by atoms with Gasteiger partial charge in [0.25, 0.3) is 0 Å². The van der Waals surface area contributed by atoms with Crippen molar-refractivity contribution in [1.29, 1.82) is 0 Å². The molecule has 0 aromatic carbocycles. The van der Waals surface area contributed by atoms with Gasteiger partial charge in [0.05, 0.1) is 5.69 Å². The third kappa shape index (κ3) is 4.84. The van der Waals surface area contributed by atoms with Crippen LogP contribution in [-0.2, 0) is 11.3 Å². The van der Waals surface area contributed by atoms with E-state index in [2.05, 4.69) is 53.9 Å². The van der Waals surface area contributed by atoms with Crippen molar-refractivity contribution in [3.8, 4) is 0 Å². The predicted molar refractivity (Wildman–Crippen MR) is 79.7 cm³/mol. The molecule has 5 heteroatoms. The Balaban J connectivity index is 2.67. The van der Waals surface area contributed by atoms with Gasteiger partial charge in [-0.25, -0.2) is 4.98 Å². The highest BCUT2D eigenvalue weighted by Crippen LogP contribution is 2.17. The second-order valence-corrected chi connectivity index (χ2v) is 5.81. The summed E-state index contributed by atoms with van der Waals surface area (Å²) < 4.78 is 7.25. The fourth-order valence-electron chi connectivity index (χ4n) is 1.78. The first-order valence-corrected chi connectivity index (χ1v) is 6.81. The fourth-order valence-corrected chi connectivity index (χ4v) is 1.78. The highest BCUT2D eigenvalue weighted by atomic mass is 16.5. The van der Waals surface area contributed by atoms with Gasteiger partial charge in [-0.2, -0.15) is 0 Å². The quantitative estimate of drug-likeness (QED) is 0.732. The van der Waals surface area contributed by atoms with E-state index in [0.717, 1.165) is 37.8 Å². The zero-order chi connectivity index (χ0) is 14.5. The average molecular weight is 268 g/mol. The van der Waals surface area contributed by atoms with Gasteiger partial charge in [-0.05, 0) is 41.3 Å². The summed E-state index contributed by atoms with van der Waals surface area (Å²) in [6.07, 6.45) is 3.09. The molecule has 110 valence electrons. The van der Waals surface area contributed by atoms with Crippen molar-refractivity contribution in [2.24, 2.45) is 0 Å². The number of nitrogens with zero attached hydrogens (tertiary/aromatic N) is 3. The van der Waals surface area contributed by atoms with Crippen LogP contribution in [0.4, 0.5) is 5.95 Å². The number of imidazole rings is 1. The molecule has 1 heterocycles. The molecule has 0 radical (unpaired) electrons. The molecule has 19 heavy (non-hydrogen) atoms. The molecule has 0 fully saturated rings. The Morgan fingerprint density at radius 2 is 2.11 bits per heavy atom. The number of methoxy groups -OCH3 is 1. The van der Waals surface area contributed by atoms with Crippen LogP contribution in [0.25, 0.3) is 0 Å². The Hall–Kier alpha value is -1.07. The van der Waals surface area contributed by atoms with Crippen LogP contribution in [0.2, 0.25) is 0 Å². The lowest BCUT2D eigenvalue weighted by Crippen LogP contribution is -2.42. The molecule has 0 bridgehead atoms. The lowest BCUT2D eigenvalue weighted by molar-refractivity contribution is 0.170.